The largest absolute Gasteiger partial charge is 0.324 e. The van der Waals surface area contributed by atoms with Crippen LogP contribution in [0.25, 0.3) is 11.0 Å². The fourth-order valence-electron chi connectivity index (χ4n) is 2.30. The molecule has 3 rings (SSSR count). The molecule has 0 fully saturated rings. The first-order chi connectivity index (χ1) is 9.74. The van der Waals surface area contributed by atoms with Crippen molar-refractivity contribution < 1.29 is 4.39 Å². The molecule has 2 aromatic carbocycles. The summed E-state index contributed by atoms with van der Waals surface area (Å²) < 4.78 is 12.9. The van der Waals surface area contributed by atoms with Gasteiger partial charge in [0.2, 0.25) is 0 Å². The Bertz CT molecular complexity index is 720. The molecule has 1 unspecified atom stereocenters. The number of benzene rings is 2. The van der Waals surface area contributed by atoms with E-state index in [1.54, 1.807) is 24.5 Å². The number of nitrogens with two attached hydrogens (primary N) is 1. The van der Waals surface area contributed by atoms with Crippen LogP contribution in [-0.2, 0) is 6.42 Å². The SMILES string of the molecule is NC(Cc1ccc(F)cc1)c1cccc2nccnc12. The zero-order valence-electron chi connectivity index (χ0n) is 10.8. The molecule has 0 spiro atoms. The third kappa shape index (κ3) is 2.51. The lowest BCUT2D eigenvalue weighted by Gasteiger charge is -2.13. The molecule has 1 atom stereocenters. The summed E-state index contributed by atoms with van der Waals surface area (Å²) in [6, 6.07) is 12.0. The maximum atomic E-state index is 12.9. The molecular formula is C16H14FN3. The summed E-state index contributed by atoms with van der Waals surface area (Å²) in [6.07, 6.45) is 3.96. The summed E-state index contributed by atoms with van der Waals surface area (Å²) in [7, 11) is 0. The Labute approximate surface area is 116 Å². The number of nitrogens with zero attached hydrogens (tertiary/aromatic N) is 2. The minimum absolute atomic E-state index is 0.194. The highest BCUT2D eigenvalue weighted by Crippen LogP contribution is 2.22. The van der Waals surface area contributed by atoms with Crippen molar-refractivity contribution in [2.24, 2.45) is 5.73 Å². The van der Waals surface area contributed by atoms with Gasteiger partial charge in [-0.05, 0) is 35.7 Å². The van der Waals surface area contributed by atoms with Gasteiger partial charge in [-0.15, -0.1) is 0 Å². The van der Waals surface area contributed by atoms with Gasteiger partial charge in [-0.3, -0.25) is 9.97 Å². The first kappa shape index (κ1) is 12.7. The third-order valence-corrected chi connectivity index (χ3v) is 3.30. The molecule has 1 aromatic heterocycles. The third-order valence-electron chi connectivity index (χ3n) is 3.30. The first-order valence-corrected chi connectivity index (χ1v) is 6.44. The topological polar surface area (TPSA) is 51.8 Å². The standard InChI is InChI=1S/C16H14FN3/c17-12-6-4-11(5-7-12)10-14(18)13-2-1-3-15-16(13)20-9-8-19-15/h1-9,14H,10,18H2. The van der Waals surface area contributed by atoms with Crippen molar-refractivity contribution in [2.45, 2.75) is 12.5 Å². The van der Waals surface area contributed by atoms with Gasteiger partial charge < -0.3 is 5.73 Å². The normalized spacial score (nSPS) is 12.5. The van der Waals surface area contributed by atoms with Crippen molar-refractivity contribution in [3.8, 4) is 0 Å². The van der Waals surface area contributed by atoms with Crippen LogP contribution >= 0.6 is 0 Å². The lowest BCUT2D eigenvalue weighted by molar-refractivity contribution is 0.625. The summed E-state index contributed by atoms with van der Waals surface area (Å²) in [5, 5.41) is 0. The number of hydrogen-bond donors (Lipinski definition) is 1. The van der Waals surface area contributed by atoms with E-state index >= 15 is 0 Å². The van der Waals surface area contributed by atoms with Gasteiger partial charge in [0, 0.05) is 18.4 Å². The van der Waals surface area contributed by atoms with E-state index in [0.29, 0.717) is 6.42 Å². The van der Waals surface area contributed by atoms with Gasteiger partial charge in [0.15, 0.2) is 0 Å². The van der Waals surface area contributed by atoms with Crippen molar-refractivity contribution in [1.82, 2.24) is 9.97 Å². The summed E-state index contributed by atoms with van der Waals surface area (Å²) >= 11 is 0. The van der Waals surface area contributed by atoms with Gasteiger partial charge in [-0.2, -0.15) is 0 Å². The van der Waals surface area contributed by atoms with E-state index in [-0.39, 0.29) is 11.9 Å². The molecule has 0 aliphatic rings. The lowest BCUT2D eigenvalue weighted by atomic mass is 9.98. The van der Waals surface area contributed by atoms with Crippen LogP contribution in [0.2, 0.25) is 0 Å². The maximum absolute atomic E-state index is 12.9. The number of fused-ring (bicyclic) bond motifs is 1. The van der Waals surface area contributed by atoms with Crippen LogP contribution in [0.15, 0.2) is 54.9 Å². The van der Waals surface area contributed by atoms with E-state index in [2.05, 4.69) is 9.97 Å². The highest BCUT2D eigenvalue weighted by molar-refractivity contribution is 5.78. The van der Waals surface area contributed by atoms with Crippen LogP contribution < -0.4 is 5.73 Å². The molecule has 4 heteroatoms. The van der Waals surface area contributed by atoms with E-state index in [0.717, 1.165) is 22.2 Å². The van der Waals surface area contributed by atoms with Crippen molar-refractivity contribution in [3.05, 3.63) is 71.8 Å². The quantitative estimate of drug-likeness (QED) is 0.793. The Hall–Kier alpha value is -2.33. The van der Waals surface area contributed by atoms with Crippen molar-refractivity contribution in [1.29, 1.82) is 0 Å². The van der Waals surface area contributed by atoms with Crippen molar-refractivity contribution >= 4 is 11.0 Å². The van der Waals surface area contributed by atoms with Gasteiger partial charge in [-0.1, -0.05) is 24.3 Å². The summed E-state index contributed by atoms with van der Waals surface area (Å²) in [5.41, 5.74) is 9.88. The van der Waals surface area contributed by atoms with Gasteiger partial charge in [-0.25, -0.2) is 4.39 Å². The molecule has 0 radical (unpaired) electrons. The zero-order valence-corrected chi connectivity index (χ0v) is 10.8. The molecule has 0 aliphatic heterocycles. The predicted octanol–water partition coefficient (Wildman–Crippen LogP) is 3.01. The minimum atomic E-state index is -0.238. The second-order valence-electron chi connectivity index (χ2n) is 4.71. The molecule has 0 bridgehead atoms. The molecule has 100 valence electrons. The number of para-hydroxylation sites is 1. The first-order valence-electron chi connectivity index (χ1n) is 6.44. The Morgan fingerprint density at radius 3 is 2.55 bits per heavy atom. The summed E-state index contributed by atoms with van der Waals surface area (Å²) in [5.74, 6) is -0.238. The van der Waals surface area contributed by atoms with E-state index in [4.69, 9.17) is 5.73 Å². The molecule has 0 saturated heterocycles. The van der Waals surface area contributed by atoms with E-state index in [1.807, 2.05) is 18.2 Å². The number of rotatable bonds is 3. The van der Waals surface area contributed by atoms with Gasteiger partial charge in [0.05, 0.1) is 11.0 Å². The number of halogens is 1. The summed E-state index contributed by atoms with van der Waals surface area (Å²) in [4.78, 5) is 8.63. The smallest absolute Gasteiger partial charge is 0.123 e. The van der Waals surface area contributed by atoms with Gasteiger partial charge in [0.25, 0.3) is 0 Å². The van der Waals surface area contributed by atoms with Crippen LogP contribution in [0.3, 0.4) is 0 Å². The minimum Gasteiger partial charge on any atom is -0.324 e. The Morgan fingerprint density at radius 1 is 1.00 bits per heavy atom. The molecule has 0 saturated carbocycles. The zero-order chi connectivity index (χ0) is 13.9. The lowest BCUT2D eigenvalue weighted by Crippen LogP contribution is -2.14. The fourth-order valence-corrected chi connectivity index (χ4v) is 2.30. The summed E-state index contributed by atoms with van der Waals surface area (Å²) in [6.45, 7) is 0. The Kier molecular flexibility index (Phi) is 3.39. The molecule has 1 heterocycles. The molecule has 3 nitrogen and oxygen atoms in total. The second-order valence-corrected chi connectivity index (χ2v) is 4.71. The van der Waals surface area contributed by atoms with E-state index in [9.17, 15) is 4.39 Å². The predicted molar refractivity (Wildman–Crippen MR) is 76.6 cm³/mol. The highest BCUT2D eigenvalue weighted by atomic mass is 19.1. The van der Waals surface area contributed by atoms with Crippen LogP contribution in [-0.4, -0.2) is 9.97 Å². The number of aromatic nitrogens is 2. The Morgan fingerprint density at radius 2 is 1.75 bits per heavy atom. The van der Waals surface area contributed by atoms with Crippen molar-refractivity contribution in [3.63, 3.8) is 0 Å². The average molecular weight is 267 g/mol. The fraction of sp³-hybridized carbons (Fsp3) is 0.125. The average Bonchev–Trinajstić information content (AvgIpc) is 2.49. The monoisotopic (exact) mass is 267 g/mol. The molecule has 20 heavy (non-hydrogen) atoms. The van der Waals surface area contributed by atoms with E-state index < -0.39 is 0 Å². The van der Waals surface area contributed by atoms with Crippen LogP contribution in [0.5, 0.6) is 0 Å². The number of hydrogen-bond acceptors (Lipinski definition) is 3. The Balaban J connectivity index is 1.92. The molecule has 0 amide bonds. The molecule has 0 aliphatic carbocycles. The highest BCUT2D eigenvalue weighted by Gasteiger charge is 2.12. The van der Waals surface area contributed by atoms with Crippen LogP contribution in [0.1, 0.15) is 17.2 Å². The van der Waals surface area contributed by atoms with Gasteiger partial charge in [0.1, 0.15) is 5.82 Å². The van der Waals surface area contributed by atoms with Crippen molar-refractivity contribution in [2.75, 3.05) is 0 Å². The maximum Gasteiger partial charge on any atom is 0.123 e. The second kappa shape index (κ2) is 5.35. The van der Waals surface area contributed by atoms with Crippen LogP contribution in [0.4, 0.5) is 4.39 Å². The van der Waals surface area contributed by atoms with Gasteiger partial charge >= 0.3 is 0 Å². The molecule has 3 aromatic rings. The molecule has 2 N–H and O–H groups in total. The molecular weight excluding hydrogens is 253 g/mol. The van der Waals surface area contributed by atoms with E-state index in [1.165, 1.54) is 12.1 Å². The van der Waals surface area contributed by atoms with Crippen LogP contribution in [0, 0.1) is 5.82 Å².